The molecule has 3 N–H and O–H groups in total. The van der Waals surface area contributed by atoms with E-state index in [0.29, 0.717) is 11.4 Å². The summed E-state index contributed by atoms with van der Waals surface area (Å²) in [6.07, 6.45) is 6.01. The van der Waals surface area contributed by atoms with Gasteiger partial charge in [-0.15, -0.1) is 24.0 Å². The van der Waals surface area contributed by atoms with Gasteiger partial charge in [-0.1, -0.05) is 25.8 Å². The normalized spacial score (nSPS) is 16.4. The molecule has 6 heteroatoms. The second-order valence-electron chi connectivity index (χ2n) is 6.59. The molecular formula is C18H30IN3O2. The van der Waals surface area contributed by atoms with Gasteiger partial charge in [-0.25, -0.2) is 0 Å². The molecule has 24 heavy (non-hydrogen) atoms. The second kappa shape index (κ2) is 9.96. The Hall–Kier alpha value is -1.18. The van der Waals surface area contributed by atoms with E-state index in [0.717, 1.165) is 31.0 Å². The molecule has 0 unspecified atom stereocenters. The zero-order chi connectivity index (χ0) is 16.7. The SMILES string of the molecule is COc1ccc(CCNC(N)=NCC2(C)CCCC2)cc1OC.I. The quantitative estimate of drug-likeness (QED) is 0.382. The van der Waals surface area contributed by atoms with E-state index in [1.807, 2.05) is 18.2 Å². The predicted molar refractivity (Wildman–Crippen MR) is 110 cm³/mol. The molecule has 0 spiro atoms. The number of methoxy groups -OCH3 is 2. The predicted octanol–water partition coefficient (Wildman–Crippen LogP) is 3.35. The van der Waals surface area contributed by atoms with Crippen LogP contribution >= 0.6 is 24.0 Å². The summed E-state index contributed by atoms with van der Waals surface area (Å²) in [4.78, 5) is 4.51. The largest absolute Gasteiger partial charge is 0.493 e. The van der Waals surface area contributed by atoms with Crippen molar-refractivity contribution in [3.63, 3.8) is 0 Å². The zero-order valence-electron chi connectivity index (χ0n) is 14.9. The minimum absolute atomic E-state index is 0. The average Bonchev–Trinajstić information content (AvgIpc) is 3.00. The van der Waals surface area contributed by atoms with Crippen molar-refractivity contribution in [3.8, 4) is 11.5 Å². The van der Waals surface area contributed by atoms with Crippen LogP contribution in [0.2, 0.25) is 0 Å². The molecule has 0 heterocycles. The summed E-state index contributed by atoms with van der Waals surface area (Å²) in [5.41, 5.74) is 7.49. The summed E-state index contributed by atoms with van der Waals surface area (Å²) >= 11 is 0. The van der Waals surface area contributed by atoms with Crippen LogP contribution in [0.1, 0.15) is 38.2 Å². The van der Waals surface area contributed by atoms with E-state index in [4.69, 9.17) is 15.2 Å². The maximum absolute atomic E-state index is 5.97. The van der Waals surface area contributed by atoms with E-state index in [-0.39, 0.29) is 24.0 Å². The average molecular weight is 447 g/mol. The zero-order valence-corrected chi connectivity index (χ0v) is 17.3. The Kier molecular flexibility index (Phi) is 8.66. The van der Waals surface area contributed by atoms with Crippen LogP contribution < -0.4 is 20.5 Å². The molecule has 0 bridgehead atoms. The van der Waals surface area contributed by atoms with E-state index in [1.54, 1.807) is 14.2 Å². The van der Waals surface area contributed by atoms with Gasteiger partial charge in [-0.3, -0.25) is 4.99 Å². The standard InChI is InChI=1S/C18H29N3O2.HI/c1-18(9-4-5-10-18)13-21-17(19)20-11-8-14-6-7-15(22-2)16(12-14)23-3;/h6-7,12H,4-5,8-11,13H2,1-3H3,(H3,19,20,21);1H. The van der Waals surface area contributed by atoms with Crippen molar-refractivity contribution in [2.45, 2.75) is 39.0 Å². The van der Waals surface area contributed by atoms with Crippen LogP contribution in [0.15, 0.2) is 23.2 Å². The molecule has 0 amide bonds. The van der Waals surface area contributed by atoms with Gasteiger partial charge >= 0.3 is 0 Å². The number of nitrogens with zero attached hydrogens (tertiary/aromatic N) is 1. The van der Waals surface area contributed by atoms with Crippen LogP contribution in [-0.4, -0.2) is 33.3 Å². The molecule has 1 fully saturated rings. The van der Waals surface area contributed by atoms with Crippen molar-refractivity contribution in [2.75, 3.05) is 27.3 Å². The maximum Gasteiger partial charge on any atom is 0.188 e. The molecule has 1 saturated carbocycles. The summed E-state index contributed by atoms with van der Waals surface area (Å²) in [5.74, 6) is 2.04. The Morgan fingerprint density at radius 2 is 1.88 bits per heavy atom. The van der Waals surface area contributed by atoms with Crippen molar-refractivity contribution in [1.82, 2.24) is 5.32 Å². The summed E-state index contributed by atoms with van der Waals surface area (Å²) in [7, 11) is 3.29. The minimum Gasteiger partial charge on any atom is -0.493 e. The van der Waals surface area contributed by atoms with Crippen LogP contribution in [0.5, 0.6) is 11.5 Å². The lowest BCUT2D eigenvalue weighted by Crippen LogP contribution is -2.34. The van der Waals surface area contributed by atoms with Crippen molar-refractivity contribution >= 4 is 29.9 Å². The van der Waals surface area contributed by atoms with E-state index in [9.17, 15) is 0 Å². The second-order valence-corrected chi connectivity index (χ2v) is 6.59. The number of rotatable bonds is 7. The molecule has 0 saturated heterocycles. The van der Waals surface area contributed by atoms with Gasteiger partial charge in [0, 0.05) is 13.1 Å². The highest BCUT2D eigenvalue weighted by Crippen LogP contribution is 2.37. The third kappa shape index (κ3) is 6.03. The number of ether oxygens (including phenoxy) is 2. The summed E-state index contributed by atoms with van der Waals surface area (Å²) < 4.78 is 10.6. The smallest absolute Gasteiger partial charge is 0.188 e. The van der Waals surface area contributed by atoms with E-state index >= 15 is 0 Å². The van der Waals surface area contributed by atoms with Crippen molar-refractivity contribution in [1.29, 1.82) is 0 Å². The third-order valence-corrected chi connectivity index (χ3v) is 4.61. The van der Waals surface area contributed by atoms with Crippen LogP contribution in [0.3, 0.4) is 0 Å². The summed E-state index contributed by atoms with van der Waals surface area (Å²) in [6, 6.07) is 5.95. The van der Waals surface area contributed by atoms with Crippen molar-refractivity contribution in [3.05, 3.63) is 23.8 Å². The molecular weight excluding hydrogens is 417 g/mol. The highest BCUT2D eigenvalue weighted by atomic mass is 127. The molecule has 1 aliphatic carbocycles. The van der Waals surface area contributed by atoms with Gasteiger partial charge < -0.3 is 20.5 Å². The fraction of sp³-hybridized carbons (Fsp3) is 0.611. The van der Waals surface area contributed by atoms with Crippen molar-refractivity contribution < 1.29 is 9.47 Å². The topological polar surface area (TPSA) is 68.9 Å². The lowest BCUT2D eigenvalue weighted by molar-refractivity contribution is 0.351. The number of guanidine groups is 1. The summed E-state index contributed by atoms with van der Waals surface area (Å²) in [5, 5.41) is 3.19. The Morgan fingerprint density at radius 1 is 1.21 bits per heavy atom. The molecule has 0 aliphatic heterocycles. The van der Waals surface area contributed by atoms with Gasteiger partial charge in [0.2, 0.25) is 0 Å². The number of hydrogen-bond donors (Lipinski definition) is 2. The first-order valence-electron chi connectivity index (χ1n) is 8.31. The van der Waals surface area contributed by atoms with Gasteiger partial charge in [-0.05, 0) is 42.4 Å². The first-order chi connectivity index (χ1) is 11.1. The maximum atomic E-state index is 5.97. The molecule has 0 aromatic heterocycles. The lowest BCUT2D eigenvalue weighted by atomic mass is 9.89. The fourth-order valence-corrected chi connectivity index (χ4v) is 3.09. The molecule has 136 valence electrons. The highest BCUT2D eigenvalue weighted by Gasteiger charge is 2.28. The van der Waals surface area contributed by atoms with Gasteiger partial charge in [-0.2, -0.15) is 0 Å². The first kappa shape index (κ1) is 20.9. The van der Waals surface area contributed by atoms with Crippen molar-refractivity contribution in [2.24, 2.45) is 16.1 Å². The molecule has 2 rings (SSSR count). The number of benzene rings is 1. The van der Waals surface area contributed by atoms with Crippen LogP contribution in [0, 0.1) is 5.41 Å². The third-order valence-electron chi connectivity index (χ3n) is 4.61. The molecule has 5 nitrogen and oxygen atoms in total. The molecule has 1 aromatic carbocycles. The Bertz CT molecular complexity index is 543. The highest BCUT2D eigenvalue weighted by molar-refractivity contribution is 14.0. The Balaban J connectivity index is 0.00000288. The number of nitrogens with two attached hydrogens (primary N) is 1. The first-order valence-corrected chi connectivity index (χ1v) is 8.31. The molecule has 0 atom stereocenters. The monoisotopic (exact) mass is 447 g/mol. The van der Waals surface area contributed by atoms with Crippen LogP contribution in [0.4, 0.5) is 0 Å². The molecule has 1 aliphatic rings. The number of halogens is 1. The van der Waals surface area contributed by atoms with E-state index in [2.05, 4.69) is 17.2 Å². The van der Waals surface area contributed by atoms with Gasteiger partial charge in [0.25, 0.3) is 0 Å². The Morgan fingerprint density at radius 3 is 2.50 bits per heavy atom. The van der Waals surface area contributed by atoms with Gasteiger partial charge in [0.15, 0.2) is 17.5 Å². The number of hydrogen-bond acceptors (Lipinski definition) is 3. The van der Waals surface area contributed by atoms with E-state index < -0.39 is 0 Å². The lowest BCUT2D eigenvalue weighted by Gasteiger charge is -2.20. The van der Waals surface area contributed by atoms with Gasteiger partial charge in [0.05, 0.1) is 14.2 Å². The van der Waals surface area contributed by atoms with Crippen LogP contribution in [0.25, 0.3) is 0 Å². The number of nitrogens with one attached hydrogen (secondary N) is 1. The molecule has 0 radical (unpaired) electrons. The Labute approximate surface area is 162 Å². The fourth-order valence-electron chi connectivity index (χ4n) is 3.09. The summed E-state index contributed by atoms with van der Waals surface area (Å²) in [6.45, 7) is 3.88. The van der Waals surface area contributed by atoms with E-state index in [1.165, 1.54) is 31.2 Å². The molecule has 1 aromatic rings. The van der Waals surface area contributed by atoms with Gasteiger partial charge in [0.1, 0.15) is 0 Å². The van der Waals surface area contributed by atoms with Crippen LogP contribution in [-0.2, 0) is 6.42 Å². The minimum atomic E-state index is 0. The number of aliphatic imine (C=N–C) groups is 1.